The van der Waals surface area contributed by atoms with Crippen LogP contribution in [0.5, 0.6) is 5.75 Å². The molecular formula is C25H22BrNO3. The van der Waals surface area contributed by atoms with E-state index in [1.807, 2.05) is 78.9 Å². The van der Waals surface area contributed by atoms with E-state index in [1.54, 1.807) is 12.0 Å². The lowest BCUT2D eigenvalue weighted by atomic mass is 9.93. The second-order valence-electron chi connectivity index (χ2n) is 7.18. The number of rotatable bonds is 6. The van der Waals surface area contributed by atoms with Gasteiger partial charge in [0.1, 0.15) is 5.75 Å². The highest BCUT2D eigenvalue weighted by atomic mass is 79.9. The molecule has 0 spiro atoms. The van der Waals surface area contributed by atoms with Gasteiger partial charge >= 0.3 is 0 Å². The quantitative estimate of drug-likeness (QED) is 0.520. The summed E-state index contributed by atoms with van der Waals surface area (Å²) in [5.74, 6) is 0.190. The highest BCUT2D eigenvalue weighted by molar-refractivity contribution is 9.10. The first-order valence-electron chi connectivity index (χ1n) is 9.76. The molecule has 4 nitrogen and oxygen atoms in total. The molecule has 1 aliphatic heterocycles. The molecule has 0 aliphatic carbocycles. The number of halogens is 1. The van der Waals surface area contributed by atoms with Gasteiger partial charge in [-0.05, 0) is 47.4 Å². The summed E-state index contributed by atoms with van der Waals surface area (Å²) in [6, 6.07) is 25.0. The molecule has 152 valence electrons. The van der Waals surface area contributed by atoms with Crippen molar-refractivity contribution in [1.29, 1.82) is 0 Å². The Bertz CT molecular complexity index is 1060. The second-order valence-corrected chi connectivity index (χ2v) is 8.09. The molecular weight excluding hydrogens is 442 g/mol. The molecule has 0 saturated heterocycles. The van der Waals surface area contributed by atoms with Crippen LogP contribution >= 0.6 is 15.9 Å². The average Bonchev–Trinajstić information content (AvgIpc) is 3.04. The summed E-state index contributed by atoms with van der Waals surface area (Å²) in [5.41, 5.74) is 3.53. The molecule has 0 bridgehead atoms. The Morgan fingerprint density at radius 1 is 0.967 bits per heavy atom. The Labute approximate surface area is 184 Å². The first kappa shape index (κ1) is 20.2. The highest BCUT2D eigenvalue weighted by Gasteiger charge is 2.40. The molecule has 3 aromatic carbocycles. The van der Waals surface area contributed by atoms with Crippen molar-refractivity contribution in [2.45, 2.75) is 12.5 Å². The zero-order valence-corrected chi connectivity index (χ0v) is 18.2. The molecule has 1 aliphatic rings. The number of ether oxygens (including phenoxy) is 1. The second kappa shape index (κ2) is 8.76. The molecule has 0 unspecified atom stereocenters. The summed E-state index contributed by atoms with van der Waals surface area (Å²) >= 11 is 3.47. The first-order chi connectivity index (χ1) is 14.6. The lowest BCUT2D eigenvalue weighted by molar-refractivity contribution is -0.129. The molecule has 1 amide bonds. The number of amides is 1. The van der Waals surface area contributed by atoms with Crippen molar-refractivity contribution < 1.29 is 14.6 Å². The monoisotopic (exact) mass is 463 g/mol. The van der Waals surface area contributed by atoms with E-state index in [0.29, 0.717) is 18.5 Å². The number of nitrogens with zero attached hydrogens (tertiary/aromatic N) is 1. The standard InChI is InChI=1S/C25H22BrNO3/c1-30-21-13-9-18(10-14-21)22-23(19-7-11-20(26)12-8-19)27(25(29)24(22)28)16-15-17-5-3-2-4-6-17/h2-14,23,28H,15-16H2,1H3/t23-/m0/s1. The van der Waals surface area contributed by atoms with Crippen LogP contribution in [0.1, 0.15) is 22.7 Å². The van der Waals surface area contributed by atoms with Crippen LogP contribution in [0.3, 0.4) is 0 Å². The molecule has 30 heavy (non-hydrogen) atoms. The summed E-state index contributed by atoms with van der Waals surface area (Å²) < 4.78 is 6.22. The van der Waals surface area contributed by atoms with Crippen LogP contribution in [0.4, 0.5) is 0 Å². The molecule has 1 N–H and O–H groups in total. The summed E-state index contributed by atoms with van der Waals surface area (Å²) in [4.78, 5) is 14.8. The fourth-order valence-corrected chi connectivity index (χ4v) is 4.10. The Kier molecular flexibility index (Phi) is 5.91. The number of hydrogen-bond donors (Lipinski definition) is 1. The molecule has 4 rings (SSSR count). The van der Waals surface area contributed by atoms with E-state index in [9.17, 15) is 9.90 Å². The van der Waals surface area contributed by atoms with E-state index in [0.717, 1.165) is 26.9 Å². The fourth-order valence-electron chi connectivity index (χ4n) is 3.84. The van der Waals surface area contributed by atoms with E-state index < -0.39 is 0 Å². The van der Waals surface area contributed by atoms with Crippen LogP contribution in [-0.4, -0.2) is 29.6 Å². The zero-order chi connectivity index (χ0) is 21.1. The average molecular weight is 464 g/mol. The number of aliphatic hydroxyl groups is 1. The third-order valence-electron chi connectivity index (χ3n) is 5.37. The van der Waals surface area contributed by atoms with Gasteiger partial charge in [-0.15, -0.1) is 0 Å². The SMILES string of the molecule is COc1ccc(C2=C(O)C(=O)N(CCc3ccccc3)[C@H]2c2ccc(Br)cc2)cc1. The first-order valence-corrected chi connectivity index (χ1v) is 10.6. The number of carbonyl (C=O) groups excluding carboxylic acids is 1. The van der Waals surface area contributed by atoms with Gasteiger partial charge in [0.2, 0.25) is 0 Å². The van der Waals surface area contributed by atoms with E-state index in [-0.39, 0.29) is 17.7 Å². The van der Waals surface area contributed by atoms with E-state index >= 15 is 0 Å². The summed E-state index contributed by atoms with van der Waals surface area (Å²) in [6.45, 7) is 0.507. The molecule has 3 aromatic rings. The summed E-state index contributed by atoms with van der Waals surface area (Å²) in [6.07, 6.45) is 0.711. The smallest absolute Gasteiger partial charge is 0.289 e. The van der Waals surface area contributed by atoms with Crippen LogP contribution in [0, 0.1) is 0 Å². The molecule has 0 radical (unpaired) electrons. The molecule has 1 heterocycles. The number of methoxy groups -OCH3 is 1. The maximum absolute atomic E-state index is 13.1. The van der Waals surface area contributed by atoms with E-state index in [1.165, 1.54) is 0 Å². The maximum Gasteiger partial charge on any atom is 0.289 e. The molecule has 5 heteroatoms. The maximum atomic E-state index is 13.1. The predicted molar refractivity (Wildman–Crippen MR) is 121 cm³/mol. The number of benzene rings is 3. The van der Waals surface area contributed by atoms with Gasteiger partial charge in [0.15, 0.2) is 5.76 Å². The lowest BCUT2D eigenvalue weighted by Crippen LogP contribution is -2.32. The van der Waals surface area contributed by atoms with Gasteiger partial charge in [0.05, 0.1) is 13.2 Å². The summed E-state index contributed by atoms with van der Waals surface area (Å²) in [7, 11) is 1.61. The minimum absolute atomic E-state index is 0.193. The minimum atomic E-state index is -0.359. The number of carbonyl (C=O) groups is 1. The van der Waals surface area contributed by atoms with Gasteiger partial charge < -0.3 is 14.7 Å². The van der Waals surface area contributed by atoms with Gasteiger partial charge in [-0.25, -0.2) is 0 Å². The lowest BCUT2D eigenvalue weighted by Gasteiger charge is -2.27. The molecule has 1 atom stereocenters. The van der Waals surface area contributed by atoms with Gasteiger partial charge in [0.25, 0.3) is 5.91 Å². The third kappa shape index (κ3) is 3.98. The van der Waals surface area contributed by atoms with Crippen molar-refractivity contribution in [3.63, 3.8) is 0 Å². The largest absolute Gasteiger partial charge is 0.503 e. The van der Waals surface area contributed by atoms with Gasteiger partial charge in [-0.1, -0.05) is 70.5 Å². The Hall–Kier alpha value is -3.05. The van der Waals surface area contributed by atoms with Crippen molar-refractivity contribution in [3.8, 4) is 5.75 Å². The van der Waals surface area contributed by atoms with Crippen LogP contribution in [-0.2, 0) is 11.2 Å². The number of hydrogen-bond acceptors (Lipinski definition) is 3. The van der Waals surface area contributed by atoms with E-state index in [4.69, 9.17) is 4.74 Å². The molecule has 0 aromatic heterocycles. The van der Waals surface area contributed by atoms with Crippen LogP contribution in [0.2, 0.25) is 0 Å². The van der Waals surface area contributed by atoms with Crippen molar-refractivity contribution in [2.24, 2.45) is 0 Å². The highest BCUT2D eigenvalue weighted by Crippen LogP contribution is 2.43. The Balaban J connectivity index is 1.72. The van der Waals surface area contributed by atoms with Gasteiger partial charge in [-0.3, -0.25) is 4.79 Å². The number of aliphatic hydroxyl groups excluding tert-OH is 1. The Morgan fingerprint density at radius 3 is 2.27 bits per heavy atom. The van der Waals surface area contributed by atoms with Crippen molar-refractivity contribution in [1.82, 2.24) is 4.90 Å². The predicted octanol–water partition coefficient (Wildman–Crippen LogP) is 5.55. The fraction of sp³-hybridized carbons (Fsp3) is 0.160. The topological polar surface area (TPSA) is 49.8 Å². The van der Waals surface area contributed by atoms with Crippen LogP contribution < -0.4 is 4.74 Å². The normalized spacial score (nSPS) is 16.3. The van der Waals surface area contributed by atoms with Crippen molar-refractivity contribution in [2.75, 3.05) is 13.7 Å². The van der Waals surface area contributed by atoms with E-state index in [2.05, 4.69) is 15.9 Å². The van der Waals surface area contributed by atoms with Gasteiger partial charge in [0, 0.05) is 16.6 Å². The van der Waals surface area contributed by atoms with Crippen LogP contribution in [0.15, 0.2) is 89.1 Å². The summed E-state index contributed by atoms with van der Waals surface area (Å²) in [5, 5.41) is 10.8. The van der Waals surface area contributed by atoms with Crippen LogP contribution in [0.25, 0.3) is 5.57 Å². The molecule has 0 saturated carbocycles. The van der Waals surface area contributed by atoms with Gasteiger partial charge in [-0.2, -0.15) is 0 Å². The molecule has 0 fully saturated rings. The van der Waals surface area contributed by atoms with Crippen molar-refractivity contribution >= 4 is 27.4 Å². The third-order valence-corrected chi connectivity index (χ3v) is 5.90. The minimum Gasteiger partial charge on any atom is -0.503 e. The zero-order valence-electron chi connectivity index (χ0n) is 16.6. The van der Waals surface area contributed by atoms with Crippen molar-refractivity contribution in [3.05, 3.63) is 106 Å². The Morgan fingerprint density at radius 2 is 1.63 bits per heavy atom.